The number of halogens is 1. The van der Waals surface area contributed by atoms with Crippen molar-refractivity contribution < 1.29 is 4.79 Å². The lowest BCUT2D eigenvalue weighted by molar-refractivity contribution is -0.122. The summed E-state index contributed by atoms with van der Waals surface area (Å²) in [6.07, 6.45) is 0.960. The molecule has 3 rings (SSSR count). The first kappa shape index (κ1) is 16.8. The fourth-order valence-corrected chi connectivity index (χ4v) is 2.78. The van der Waals surface area contributed by atoms with Crippen molar-refractivity contribution in [1.82, 2.24) is 5.32 Å². The SMILES string of the molecule is CC(CN)CNC(=O)C1CC1c1ccc2ccccc2c1.Cl. The number of benzene rings is 2. The molecule has 0 bridgehead atoms. The van der Waals surface area contributed by atoms with Gasteiger partial charge in [0.2, 0.25) is 5.91 Å². The first-order chi connectivity index (χ1) is 10.2. The van der Waals surface area contributed by atoms with Crippen LogP contribution in [0.1, 0.15) is 24.8 Å². The van der Waals surface area contributed by atoms with Crippen LogP contribution in [-0.2, 0) is 4.79 Å². The standard InChI is InChI=1S/C18H22N2O.ClH/c1-12(10-19)11-20-18(21)17-9-16(17)15-7-6-13-4-2-3-5-14(13)8-15;/h2-8,12,16-17H,9-11,19H2,1H3,(H,20,21);1H. The average molecular weight is 319 g/mol. The van der Waals surface area contributed by atoms with Crippen molar-refractivity contribution in [2.24, 2.45) is 17.6 Å². The smallest absolute Gasteiger partial charge is 0.223 e. The number of rotatable bonds is 5. The van der Waals surface area contributed by atoms with Gasteiger partial charge in [-0.1, -0.05) is 49.4 Å². The molecule has 2 aromatic rings. The van der Waals surface area contributed by atoms with E-state index in [-0.39, 0.29) is 24.2 Å². The molecule has 0 spiro atoms. The number of carbonyl (C=O) groups excluding carboxylic acids is 1. The van der Waals surface area contributed by atoms with Crippen LogP contribution in [0.25, 0.3) is 10.8 Å². The van der Waals surface area contributed by atoms with Gasteiger partial charge in [-0.3, -0.25) is 4.79 Å². The molecule has 1 amide bonds. The van der Waals surface area contributed by atoms with Crippen molar-refractivity contribution in [3.05, 3.63) is 48.0 Å². The van der Waals surface area contributed by atoms with Crippen molar-refractivity contribution in [2.45, 2.75) is 19.3 Å². The Bertz CT molecular complexity index is 658. The maximum atomic E-state index is 12.1. The van der Waals surface area contributed by atoms with Crippen LogP contribution in [0.4, 0.5) is 0 Å². The molecule has 0 aromatic heterocycles. The molecule has 3 nitrogen and oxygen atoms in total. The number of fused-ring (bicyclic) bond motifs is 1. The Hall–Kier alpha value is -1.58. The molecule has 1 aliphatic carbocycles. The molecule has 0 saturated heterocycles. The number of nitrogens with one attached hydrogen (secondary N) is 1. The van der Waals surface area contributed by atoms with E-state index in [2.05, 4.69) is 41.7 Å². The highest BCUT2D eigenvalue weighted by molar-refractivity contribution is 5.86. The van der Waals surface area contributed by atoms with Crippen molar-refractivity contribution in [2.75, 3.05) is 13.1 Å². The van der Waals surface area contributed by atoms with Gasteiger partial charge >= 0.3 is 0 Å². The summed E-state index contributed by atoms with van der Waals surface area (Å²) in [5.74, 6) is 1.03. The molecule has 0 heterocycles. The van der Waals surface area contributed by atoms with Crippen LogP contribution in [0.2, 0.25) is 0 Å². The summed E-state index contributed by atoms with van der Waals surface area (Å²) < 4.78 is 0. The van der Waals surface area contributed by atoms with E-state index < -0.39 is 0 Å². The molecule has 0 aliphatic heterocycles. The van der Waals surface area contributed by atoms with Gasteiger partial charge in [0, 0.05) is 12.5 Å². The topological polar surface area (TPSA) is 55.1 Å². The molecule has 4 heteroatoms. The third-order valence-corrected chi connectivity index (χ3v) is 4.36. The van der Waals surface area contributed by atoms with Crippen molar-refractivity contribution in [3.8, 4) is 0 Å². The number of amides is 1. The average Bonchev–Trinajstić information content (AvgIpc) is 3.32. The Morgan fingerprint density at radius 1 is 1.27 bits per heavy atom. The molecular formula is C18H23ClN2O. The summed E-state index contributed by atoms with van der Waals surface area (Å²) in [5, 5.41) is 5.51. The van der Waals surface area contributed by atoms with Crippen LogP contribution in [0.5, 0.6) is 0 Å². The fourth-order valence-electron chi connectivity index (χ4n) is 2.78. The molecular weight excluding hydrogens is 296 g/mol. The van der Waals surface area contributed by atoms with Gasteiger partial charge in [-0.25, -0.2) is 0 Å². The van der Waals surface area contributed by atoms with Crippen molar-refractivity contribution >= 4 is 29.1 Å². The van der Waals surface area contributed by atoms with Crippen molar-refractivity contribution in [3.63, 3.8) is 0 Å². The zero-order valence-electron chi connectivity index (χ0n) is 12.8. The van der Waals surface area contributed by atoms with Gasteiger partial charge in [-0.05, 0) is 41.1 Å². The van der Waals surface area contributed by atoms with Crippen LogP contribution in [0.15, 0.2) is 42.5 Å². The maximum absolute atomic E-state index is 12.1. The van der Waals surface area contributed by atoms with E-state index in [1.54, 1.807) is 0 Å². The van der Waals surface area contributed by atoms with Gasteiger partial charge in [0.1, 0.15) is 0 Å². The van der Waals surface area contributed by atoms with Gasteiger partial charge in [0.05, 0.1) is 0 Å². The second kappa shape index (κ2) is 7.12. The third kappa shape index (κ3) is 3.60. The monoisotopic (exact) mass is 318 g/mol. The predicted octanol–water partition coefficient (Wildman–Crippen LogP) is 3.08. The minimum atomic E-state index is 0. The molecule has 3 unspecified atom stereocenters. The Labute approximate surface area is 137 Å². The maximum Gasteiger partial charge on any atom is 0.223 e. The Morgan fingerprint density at radius 2 is 2.00 bits per heavy atom. The zero-order valence-corrected chi connectivity index (χ0v) is 13.6. The highest BCUT2D eigenvalue weighted by Gasteiger charge is 2.43. The second-order valence-corrected chi connectivity index (χ2v) is 6.14. The minimum absolute atomic E-state index is 0. The number of hydrogen-bond donors (Lipinski definition) is 2. The summed E-state index contributed by atoms with van der Waals surface area (Å²) in [7, 11) is 0. The largest absolute Gasteiger partial charge is 0.356 e. The van der Waals surface area contributed by atoms with E-state index in [0.29, 0.717) is 24.9 Å². The number of hydrogen-bond acceptors (Lipinski definition) is 2. The van der Waals surface area contributed by atoms with Gasteiger partial charge in [0.25, 0.3) is 0 Å². The summed E-state index contributed by atoms with van der Waals surface area (Å²) in [6.45, 7) is 3.34. The summed E-state index contributed by atoms with van der Waals surface area (Å²) in [5.41, 5.74) is 6.85. The molecule has 118 valence electrons. The highest BCUT2D eigenvalue weighted by Crippen LogP contribution is 2.48. The van der Waals surface area contributed by atoms with E-state index in [4.69, 9.17) is 5.73 Å². The molecule has 1 saturated carbocycles. The van der Waals surface area contributed by atoms with Crippen LogP contribution >= 0.6 is 12.4 Å². The van der Waals surface area contributed by atoms with Gasteiger partial charge in [-0.2, -0.15) is 0 Å². The van der Waals surface area contributed by atoms with Gasteiger partial charge in [-0.15, -0.1) is 12.4 Å². The second-order valence-electron chi connectivity index (χ2n) is 6.14. The first-order valence-corrected chi connectivity index (χ1v) is 7.65. The molecule has 3 atom stereocenters. The summed E-state index contributed by atoms with van der Waals surface area (Å²) in [6, 6.07) is 14.9. The summed E-state index contributed by atoms with van der Waals surface area (Å²) >= 11 is 0. The molecule has 1 fully saturated rings. The van der Waals surface area contributed by atoms with Crippen LogP contribution in [-0.4, -0.2) is 19.0 Å². The highest BCUT2D eigenvalue weighted by atomic mass is 35.5. The Kier molecular flexibility index (Phi) is 5.43. The van der Waals surface area contributed by atoms with E-state index in [0.717, 1.165) is 6.42 Å². The van der Waals surface area contributed by atoms with E-state index >= 15 is 0 Å². The predicted molar refractivity (Wildman–Crippen MR) is 93.3 cm³/mol. The van der Waals surface area contributed by atoms with Crippen LogP contribution in [0.3, 0.4) is 0 Å². The lowest BCUT2D eigenvalue weighted by Gasteiger charge is -2.10. The van der Waals surface area contributed by atoms with E-state index in [1.165, 1.54) is 16.3 Å². The number of nitrogens with two attached hydrogens (primary N) is 1. The Morgan fingerprint density at radius 3 is 2.73 bits per heavy atom. The Balaban J connectivity index is 0.00000176. The van der Waals surface area contributed by atoms with E-state index in [1.807, 2.05) is 13.0 Å². The van der Waals surface area contributed by atoms with E-state index in [9.17, 15) is 4.79 Å². The first-order valence-electron chi connectivity index (χ1n) is 7.65. The van der Waals surface area contributed by atoms with Crippen molar-refractivity contribution in [1.29, 1.82) is 0 Å². The summed E-state index contributed by atoms with van der Waals surface area (Å²) in [4.78, 5) is 12.1. The normalized spacial score (nSPS) is 21.0. The third-order valence-electron chi connectivity index (χ3n) is 4.36. The molecule has 1 aliphatic rings. The quantitative estimate of drug-likeness (QED) is 0.890. The van der Waals surface area contributed by atoms with Crippen LogP contribution < -0.4 is 11.1 Å². The fraction of sp³-hybridized carbons (Fsp3) is 0.389. The van der Waals surface area contributed by atoms with Crippen LogP contribution in [0, 0.1) is 11.8 Å². The molecule has 3 N–H and O–H groups in total. The molecule has 2 aromatic carbocycles. The lowest BCUT2D eigenvalue weighted by atomic mass is 10.0. The zero-order chi connectivity index (χ0) is 14.8. The van der Waals surface area contributed by atoms with Gasteiger partial charge in [0.15, 0.2) is 0 Å². The lowest BCUT2D eigenvalue weighted by Crippen LogP contribution is -2.32. The minimum Gasteiger partial charge on any atom is -0.356 e. The molecule has 22 heavy (non-hydrogen) atoms. The van der Waals surface area contributed by atoms with Gasteiger partial charge < -0.3 is 11.1 Å². The molecule has 0 radical (unpaired) electrons. The number of carbonyl (C=O) groups is 1.